The molecule has 0 amide bonds. The van der Waals surface area contributed by atoms with Crippen molar-refractivity contribution < 1.29 is 0 Å². The maximum absolute atomic E-state index is 6.28. The molecule has 0 bridgehead atoms. The van der Waals surface area contributed by atoms with Crippen LogP contribution in [0.5, 0.6) is 0 Å². The molecule has 1 aliphatic carbocycles. The van der Waals surface area contributed by atoms with Crippen molar-refractivity contribution in [1.29, 1.82) is 0 Å². The molecule has 1 heterocycles. The predicted molar refractivity (Wildman–Crippen MR) is 67.5 cm³/mol. The van der Waals surface area contributed by atoms with Crippen LogP contribution in [0, 0.1) is 5.92 Å². The molecule has 1 atom stereocenters. The lowest BCUT2D eigenvalue weighted by atomic mass is 9.80. The lowest BCUT2D eigenvalue weighted by Gasteiger charge is -2.28. The lowest BCUT2D eigenvalue weighted by molar-refractivity contribution is 0.277. The van der Waals surface area contributed by atoms with Gasteiger partial charge in [0.15, 0.2) is 0 Å². The van der Waals surface area contributed by atoms with Gasteiger partial charge in [-0.05, 0) is 23.9 Å². The van der Waals surface area contributed by atoms with E-state index in [1.54, 1.807) is 0 Å². The second kappa shape index (κ2) is 4.41. The van der Waals surface area contributed by atoms with Gasteiger partial charge in [0.1, 0.15) is 0 Å². The summed E-state index contributed by atoms with van der Waals surface area (Å²) in [4.78, 5) is 1.19. The lowest BCUT2D eigenvalue weighted by Crippen LogP contribution is -2.23. The van der Waals surface area contributed by atoms with E-state index in [-0.39, 0.29) is 11.5 Å². The summed E-state index contributed by atoms with van der Waals surface area (Å²) in [7, 11) is 0. The minimum absolute atomic E-state index is 0.0551. The topological polar surface area (TPSA) is 51.8 Å². The summed E-state index contributed by atoms with van der Waals surface area (Å²) in [6.07, 6.45) is 5.19. The van der Waals surface area contributed by atoms with Crippen molar-refractivity contribution in [1.82, 2.24) is 9.59 Å². The second-order valence-electron chi connectivity index (χ2n) is 5.87. The molecule has 0 radical (unpaired) electrons. The molecule has 3 nitrogen and oxygen atoms in total. The van der Waals surface area contributed by atoms with Crippen molar-refractivity contribution in [2.24, 2.45) is 11.7 Å². The first-order valence-corrected chi connectivity index (χ1v) is 6.84. The third kappa shape index (κ3) is 2.43. The van der Waals surface area contributed by atoms with E-state index in [1.165, 1.54) is 35.7 Å². The zero-order chi connectivity index (χ0) is 11.8. The van der Waals surface area contributed by atoms with Crippen molar-refractivity contribution in [2.45, 2.75) is 57.9 Å². The van der Waals surface area contributed by atoms with Crippen LogP contribution in [-0.4, -0.2) is 9.59 Å². The van der Waals surface area contributed by atoms with E-state index in [9.17, 15) is 0 Å². The molecule has 16 heavy (non-hydrogen) atoms. The Bertz CT molecular complexity index is 349. The molecule has 2 N–H and O–H groups in total. The Labute approximate surface area is 102 Å². The zero-order valence-electron chi connectivity index (χ0n) is 10.4. The molecule has 0 aliphatic heterocycles. The molecule has 1 unspecified atom stereocenters. The Hall–Kier alpha value is -0.480. The highest BCUT2D eigenvalue weighted by molar-refractivity contribution is 7.05. The predicted octanol–water partition coefficient (Wildman–Crippen LogP) is 3.03. The maximum Gasteiger partial charge on any atom is 0.0856 e. The number of aromatic nitrogens is 2. The largest absolute Gasteiger partial charge is 0.323 e. The summed E-state index contributed by atoms with van der Waals surface area (Å²) in [5.41, 5.74) is 7.42. The van der Waals surface area contributed by atoms with Gasteiger partial charge >= 0.3 is 0 Å². The number of hydrogen-bond donors (Lipinski definition) is 1. The second-order valence-corrected chi connectivity index (χ2v) is 6.66. The molecule has 0 spiro atoms. The number of rotatable bonds is 3. The smallest absolute Gasteiger partial charge is 0.0856 e. The molecule has 1 saturated carbocycles. The number of nitrogens with two attached hydrogens (primary N) is 1. The molecule has 2 rings (SSSR count). The van der Waals surface area contributed by atoms with Gasteiger partial charge in [-0.3, -0.25) is 0 Å². The van der Waals surface area contributed by atoms with Crippen LogP contribution in [0.25, 0.3) is 0 Å². The van der Waals surface area contributed by atoms with Crippen LogP contribution >= 0.6 is 11.5 Å². The molecular weight excluding hydrogens is 218 g/mol. The highest BCUT2D eigenvalue weighted by Crippen LogP contribution is 2.37. The Balaban J connectivity index is 2.10. The molecule has 0 saturated heterocycles. The number of hydrogen-bond acceptors (Lipinski definition) is 4. The van der Waals surface area contributed by atoms with E-state index in [0.717, 1.165) is 18.0 Å². The quantitative estimate of drug-likeness (QED) is 0.882. The molecule has 4 heteroatoms. The first-order valence-electron chi connectivity index (χ1n) is 6.07. The van der Waals surface area contributed by atoms with Gasteiger partial charge in [-0.15, -0.1) is 5.10 Å². The van der Waals surface area contributed by atoms with Crippen LogP contribution in [0.3, 0.4) is 0 Å². The highest BCUT2D eigenvalue weighted by atomic mass is 32.1. The van der Waals surface area contributed by atoms with E-state index in [1.807, 2.05) is 0 Å². The van der Waals surface area contributed by atoms with E-state index >= 15 is 0 Å². The Morgan fingerprint density at radius 2 is 2.12 bits per heavy atom. The highest BCUT2D eigenvalue weighted by Gasteiger charge is 2.28. The van der Waals surface area contributed by atoms with Gasteiger partial charge in [-0.25, -0.2) is 0 Å². The van der Waals surface area contributed by atoms with Gasteiger partial charge in [0.05, 0.1) is 10.6 Å². The Morgan fingerprint density at radius 1 is 1.44 bits per heavy atom. The SMILES string of the molecule is CC(C)(C)c1nnsc1C(N)CC1CCC1. The zero-order valence-corrected chi connectivity index (χ0v) is 11.2. The Kier molecular flexibility index (Phi) is 3.31. The minimum atomic E-state index is 0.0551. The van der Waals surface area contributed by atoms with E-state index in [0.29, 0.717) is 0 Å². The molecule has 1 aromatic rings. The van der Waals surface area contributed by atoms with E-state index < -0.39 is 0 Å². The van der Waals surface area contributed by atoms with Gasteiger partial charge in [-0.1, -0.05) is 44.5 Å². The molecule has 90 valence electrons. The van der Waals surface area contributed by atoms with Gasteiger partial charge in [0.25, 0.3) is 0 Å². The fourth-order valence-corrected chi connectivity index (χ4v) is 3.03. The summed E-state index contributed by atoms with van der Waals surface area (Å²) in [5.74, 6) is 0.838. The van der Waals surface area contributed by atoms with Crippen molar-refractivity contribution in [2.75, 3.05) is 0 Å². The summed E-state index contributed by atoms with van der Waals surface area (Å²) in [5, 5.41) is 4.25. The third-order valence-corrected chi connectivity index (χ3v) is 4.23. The van der Waals surface area contributed by atoms with E-state index in [4.69, 9.17) is 5.73 Å². The maximum atomic E-state index is 6.28. The van der Waals surface area contributed by atoms with Gasteiger partial charge in [-0.2, -0.15) is 0 Å². The summed E-state index contributed by atoms with van der Waals surface area (Å²) < 4.78 is 4.07. The minimum Gasteiger partial charge on any atom is -0.323 e. The van der Waals surface area contributed by atoms with Crippen LogP contribution in [0.4, 0.5) is 0 Å². The normalized spacial score (nSPS) is 19.5. The standard InChI is InChI=1S/C12H21N3S/c1-12(2,3)11-10(16-15-14-11)9(13)7-8-5-4-6-8/h8-9H,4-7,13H2,1-3H3. The van der Waals surface area contributed by atoms with Crippen molar-refractivity contribution in [3.05, 3.63) is 10.6 Å². The van der Waals surface area contributed by atoms with Gasteiger partial charge in [0.2, 0.25) is 0 Å². The first kappa shape index (κ1) is 12.0. The molecule has 1 aliphatic rings. The molecule has 1 fully saturated rings. The summed E-state index contributed by atoms with van der Waals surface area (Å²) in [6.45, 7) is 6.51. The van der Waals surface area contributed by atoms with Crippen molar-refractivity contribution >= 4 is 11.5 Å². The first-order chi connectivity index (χ1) is 7.48. The summed E-state index contributed by atoms with van der Waals surface area (Å²) in [6, 6.07) is 0.138. The van der Waals surface area contributed by atoms with E-state index in [2.05, 4.69) is 30.4 Å². The summed E-state index contributed by atoms with van der Waals surface area (Å²) >= 11 is 1.47. The molecule has 0 aromatic carbocycles. The Morgan fingerprint density at radius 3 is 2.62 bits per heavy atom. The van der Waals surface area contributed by atoms with Gasteiger partial charge < -0.3 is 5.73 Å². The van der Waals surface area contributed by atoms with Crippen LogP contribution in [0.2, 0.25) is 0 Å². The van der Waals surface area contributed by atoms with Crippen molar-refractivity contribution in [3.8, 4) is 0 Å². The third-order valence-electron chi connectivity index (χ3n) is 3.37. The van der Waals surface area contributed by atoms with Crippen molar-refractivity contribution in [3.63, 3.8) is 0 Å². The monoisotopic (exact) mass is 239 g/mol. The van der Waals surface area contributed by atoms with Crippen LogP contribution in [0.15, 0.2) is 0 Å². The average Bonchev–Trinajstić information content (AvgIpc) is 2.58. The van der Waals surface area contributed by atoms with Crippen LogP contribution in [-0.2, 0) is 5.41 Å². The molecule has 1 aromatic heterocycles. The fourth-order valence-electron chi connectivity index (χ4n) is 2.16. The van der Waals surface area contributed by atoms with Crippen LogP contribution in [0.1, 0.15) is 63.1 Å². The van der Waals surface area contributed by atoms with Crippen LogP contribution < -0.4 is 5.73 Å². The average molecular weight is 239 g/mol. The molecular formula is C12H21N3S. The van der Waals surface area contributed by atoms with Gasteiger partial charge in [0, 0.05) is 11.5 Å². The fraction of sp³-hybridized carbons (Fsp3) is 0.833. The number of nitrogens with zero attached hydrogens (tertiary/aromatic N) is 2.